The standard InChI is InChI=1S/C8H6ClN3O2/c9-7-2-5(3-10)1-6(4-11)8(7)12(13)14/h1-2H,3,10H2. The summed E-state index contributed by atoms with van der Waals surface area (Å²) in [6.07, 6.45) is 0. The van der Waals surface area contributed by atoms with Gasteiger partial charge in [-0.25, -0.2) is 0 Å². The van der Waals surface area contributed by atoms with Gasteiger partial charge in [-0.2, -0.15) is 5.26 Å². The van der Waals surface area contributed by atoms with Crippen LogP contribution in [0.25, 0.3) is 0 Å². The fraction of sp³-hybridized carbons (Fsp3) is 0.125. The first-order valence-electron chi connectivity index (χ1n) is 3.67. The molecule has 1 rings (SSSR count). The van der Waals surface area contributed by atoms with Crippen LogP contribution in [0.2, 0.25) is 5.02 Å². The fourth-order valence-corrected chi connectivity index (χ4v) is 1.35. The Labute approximate surface area is 84.8 Å². The van der Waals surface area contributed by atoms with Crippen LogP contribution in [0.1, 0.15) is 11.1 Å². The lowest BCUT2D eigenvalue weighted by Crippen LogP contribution is -2.00. The predicted octanol–water partition coefficient (Wildman–Crippen LogP) is 1.58. The lowest BCUT2D eigenvalue weighted by Gasteiger charge is -2.01. The normalized spacial score (nSPS) is 9.50. The summed E-state index contributed by atoms with van der Waals surface area (Å²) in [5.74, 6) is 0. The molecule has 0 radical (unpaired) electrons. The van der Waals surface area contributed by atoms with Crippen LogP contribution in [-0.4, -0.2) is 4.92 Å². The molecule has 14 heavy (non-hydrogen) atoms. The molecular formula is C8H6ClN3O2. The van der Waals surface area contributed by atoms with E-state index in [1.165, 1.54) is 12.1 Å². The molecule has 6 heteroatoms. The molecule has 0 aliphatic heterocycles. The van der Waals surface area contributed by atoms with Crippen molar-refractivity contribution < 1.29 is 4.92 Å². The van der Waals surface area contributed by atoms with Gasteiger partial charge < -0.3 is 5.73 Å². The number of nitro benzene ring substituents is 1. The van der Waals surface area contributed by atoms with Crippen molar-refractivity contribution >= 4 is 17.3 Å². The summed E-state index contributed by atoms with van der Waals surface area (Å²) in [6.45, 7) is 0.187. The average Bonchev–Trinajstić information content (AvgIpc) is 2.15. The van der Waals surface area contributed by atoms with Crippen LogP contribution in [0.4, 0.5) is 5.69 Å². The first-order valence-corrected chi connectivity index (χ1v) is 4.05. The summed E-state index contributed by atoms with van der Waals surface area (Å²) in [4.78, 5) is 9.86. The van der Waals surface area contributed by atoms with E-state index >= 15 is 0 Å². The molecule has 5 nitrogen and oxygen atoms in total. The Bertz CT molecular complexity index is 425. The maximum absolute atomic E-state index is 10.5. The van der Waals surface area contributed by atoms with Gasteiger partial charge in [0, 0.05) is 6.54 Å². The van der Waals surface area contributed by atoms with E-state index < -0.39 is 4.92 Å². The molecule has 0 spiro atoms. The molecular weight excluding hydrogens is 206 g/mol. The summed E-state index contributed by atoms with van der Waals surface area (Å²) in [5, 5.41) is 19.1. The molecule has 0 aliphatic rings. The Kier molecular flexibility index (Phi) is 3.02. The number of hydrogen-bond acceptors (Lipinski definition) is 4. The Morgan fingerprint density at radius 1 is 1.64 bits per heavy atom. The minimum Gasteiger partial charge on any atom is -0.326 e. The molecule has 0 bridgehead atoms. The van der Waals surface area contributed by atoms with Gasteiger partial charge in [-0.3, -0.25) is 10.1 Å². The van der Waals surface area contributed by atoms with Crippen molar-refractivity contribution in [3.63, 3.8) is 0 Å². The van der Waals surface area contributed by atoms with Gasteiger partial charge in [-0.1, -0.05) is 11.6 Å². The third kappa shape index (κ3) is 1.82. The van der Waals surface area contributed by atoms with Gasteiger partial charge in [-0.05, 0) is 17.7 Å². The van der Waals surface area contributed by atoms with Gasteiger partial charge >= 0.3 is 5.69 Å². The molecule has 72 valence electrons. The predicted molar refractivity (Wildman–Crippen MR) is 50.7 cm³/mol. The van der Waals surface area contributed by atoms with Gasteiger partial charge in [0.25, 0.3) is 0 Å². The Balaban J connectivity index is 3.44. The Morgan fingerprint density at radius 3 is 2.71 bits per heavy atom. The van der Waals surface area contributed by atoms with Gasteiger partial charge in [0.2, 0.25) is 0 Å². The van der Waals surface area contributed by atoms with E-state index in [1.807, 2.05) is 0 Å². The minimum absolute atomic E-state index is 0.0606. The van der Waals surface area contributed by atoms with E-state index in [-0.39, 0.29) is 22.8 Å². The van der Waals surface area contributed by atoms with E-state index in [9.17, 15) is 10.1 Å². The maximum Gasteiger partial charge on any atom is 0.305 e. The van der Waals surface area contributed by atoms with E-state index in [0.29, 0.717) is 5.56 Å². The molecule has 0 aromatic heterocycles. The maximum atomic E-state index is 10.5. The van der Waals surface area contributed by atoms with Crippen LogP contribution in [0, 0.1) is 21.4 Å². The van der Waals surface area contributed by atoms with E-state index in [2.05, 4.69) is 0 Å². The molecule has 0 atom stereocenters. The highest BCUT2D eigenvalue weighted by Gasteiger charge is 2.19. The molecule has 0 fully saturated rings. The number of nitriles is 1. The zero-order chi connectivity index (χ0) is 10.7. The highest BCUT2D eigenvalue weighted by atomic mass is 35.5. The van der Waals surface area contributed by atoms with Crippen LogP contribution in [0.15, 0.2) is 12.1 Å². The third-order valence-electron chi connectivity index (χ3n) is 1.66. The van der Waals surface area contributed by atoms with Crippen molar-refractivity contribution in [2.45, 2.75) is 6.54 Å². The monoisotopic (exact) mass is 211 g/mol. The molecule has 0 aliphatic carbocycles. The topological polar surface area (TPSA) is 93.0 Å². The highest BCUT2D eigenvalue weighted by Crippen LogP contribution is 2.29. The first-order chi connectivity index (χ1) is 6.60. The second-order valence-electron chi connectivity index (χ2n) is 2.55. The molecule has 0 unspecified atom stereocenters. The summed E-state index contributed by atoms with van der Waals surface area (Å²) in [6, 6.07) is 4.47. The number of nitrogens with zero attached hydrogens (tertiary/aromatic N) is 2. The Morgan fingerprint density at radius 2 is 2.29 bits per heavy atom. The van der Waals surface area contributed by atoms with Gasteiger partial charge in [0.05, 0.1) is 4.92 Å². The van der Waals surface area contributed by atoms with Crippen molar-refractivity contribution in [3.05, 3.63) is 38.4 Å². The van der Waals surface area contributed by atoms with E-state index in [1.54, 1.807) is 6.07 Å². The van der Waals surface area contributed by atoms with Crippen LogP contribution >= 0.6 is 11.6 Å². The third-order valence-corrected chi connectivity index (χ3v) is 1.95. The fourth-order valence-electron chi connectivity index (χ4n) is 1.04. The Hall–Kier alpha value is -1.64. The zero-order valence-corrected chi connectivity index (χ0v) is 7.78. The van der Waals surface area contributed by atoms with Crippen LogP contribution in [0.3, 0.4) is 0 Å². The molecule has 1 aromatic carbocycles. The highest BCUT2D eigenvalue weighted by molar-refractivity contribution is 6.33. The lowest BCUT2D eigenvalue weighted by molar-refractivity contribution is -0.385. The molecule has 2 N–H and O–H groups in total. The molecule has 0 saturated heterocycles. The average molecular weight is 212 g/mol. The number of halogens is 1. The van der Waals surface area contributed by atoms with Crippen molar-refractivity contribution in [3.8, 4) is 6.07 Å². The van der Waals surface area contributed by atoms with Crippen molar-refractivity contribution in [2.75, 3.05) is 0 Å². The summed E-state index contributed by atoms with van der Waals surface area (Å²) < 4.78 is 0. The quantitative estimate of drug-likeness (QED) is 0.594. The molecule has 0 amide bonds. The second-order valence-corrected chi connectivity index (χ2v) is 2.95. The number of nitro groups is 1. The summed E-state index contributed by atoms with van der Waals surface area (Å²) in [5.41, 5.74) is 5.49. The lowest BCUT2D eigenvalue weighted by atomic mass is 10.1. The largest absolute Gasteiger partial charge is 0.326 e. The number of benzene rings is 1. The summed E-state index contributed by atoms with van der Waals surface area (Å²) in [7, 11) is 0. The SMILES string of the molecule is N#Cc1cc(CN)cc(Cl)c1[N+](=O)[O-]. The zero-order valence-electron chi connectivity index (χ0n) is 7.03. The molecule has 1 aromatic rings. The molecule has 0 heterocycles. The van der Waals surface area contributed by atoms with Gasteiger partial charge in [0.1, 0.15) is 16.7 Å². The second kappa shape index (κ2) is 4.05. The van der Waals surface area contributed by atoms with Crippen LogP contribution in [0.5, 0.6) is 0 Å². The number of rotatable bonds is 2. The van der Waals surface area contributed by atoms with E-state index in [0.717, 1.165) is 0 Å². The van der Waals surface area contributed by atoms with Crippen LogP contribution < -0.4 is 5.73 Å². The van der Waals surface area contributed by atoms with Gasteiger partial charge in [-0.15, -0.1) is 0 Å². The van der Waals surface area contributed by atoms with Crippen molar-refractivity contribution in [1.82, 2.24) is 0 Å². The smallest absolute Gasteiger partial charge is 0.305 e. The van der Waals surface area contributed by atoms with Crippen molar-refractivity contribution in [1.29, 1.82) is 5.26 Å². The van der Waals surface area contributed by atoms with Crippen molar-refractivity contribution in [2.24, 2.45) is 5.73 Å². The van der Waals surface area contributed by atoms with E-state index in [4.69, 9.17) is 22.6 Å². The number of nitrogens with two attached hydrogens (primary N) is 1. The first kappa shape index (κ1) is 10.4. The van der Waals surface area contributed by atoms with Gasteiger partial charge in [0.15, 0.2) is 0 Å². The summed E-state index contributed by atoms with van der Waals surface area (Å²) >= 11 is 5.64. The van der Waals surface area contributed by atoms with Crippen LogP contribution in [-0.2, 0) is 6.54 Å². The minimum atomic E-state index is -0.679. The number of hydrogen-bond donors (Lipinski definition) is 1. The molecule has 0 saturated carbocycles.